The second kappa shape index (κ2) is 7.73. The largest absolute Gasteiger partial charge is 0.507 e. The lowest BCUT2D eigenvalue weighted by Gasteiger charge is -2.25. The van der Waals surface area contributed by atoms with Crippen molar-refractivity contribution in [1.29, 1.82) is 0 Å². The molecule has 1 N–H and O–H groups in total. The monoisotopic (exact) mass is 327 g/mol. The van der Waals surface area contributed by atoms with Gasteiger partial charge >= 0.3 is 0 Å². The first-order valence-corrected chi connectivity index (χ1v) is 8.10. The number of rotatable bonds is 6. The van der Waals surface area contributed by atoms with E-state index in [2.05, 4.69) is 4.99 Å². The van der Waals surface area contributed by atoms with Crippen molar-refractivity contribution in [3.63, 3.8) is 0 Å². The SMILES string of the molecule is CCCOc1ccc(C=NC[C@@H]2COc3ccccc3O2)c(O)c1. The smallest absolute Gasteiger partial charge is 0.161 e. The van der Waals surface area contributed by atoms with Crippen LogP contribution < -0.4 is 14.2 Å². The molecule has 0 amide bonds. The highest BCUT2D eigenvalue weighted by molar-refractivity contribution is 5.83. The number of phenolic OH excluding ortho intramolecular Hbond substituents is 1. The third-order valence-corrected chi connectivity index (χ3v) is 3.58. The average Bonchev–Trinajstić information content (AvgIpc) is 2.61. The van der Waals surface area contributed by atoms with E-state index < -0.39 is 0 Å². The van der Waals surface area contributed by atoms with Crippen LogP contribution in [0.5, 0.6) is 23.0 Å². The van der Waals surface area contributed by atoms with Crippen LogP contribution >= 0.6 is 0 Å². The Morgan fingerprint density at radius 2 is 2.08 bits per heavy atom. The van der Waals surface area contributed by atoms with E-state index in [1.165, 1.54) is 0 Å². The Hall–Kier alpha value is -2.69. The Bertz CT molecular complexity index is 714. The number of phenols is 1. The van der Waals surface area contributed by atoms with Gasteiger partial charge in [0.25, 0.3) is 0 Å². The second-order valence-electron chi connectivity index (χ2n) is 5.56. The molecule has 1 aliphatic heterocycles. The second-order valence-corrected chi connectivity index (χ2v) is 5.56. The molecule has 1 heterocycles. The van der Waals surface area contributed by atoms with E-state index in [0.29, 0.717) is 31.1 Å². The average molecular weight is 327 g/mol. The van der Waals surface area contributed by atoms with Crippen LogP contribution in [0.1, 0.15) is 18.9 Å². The molecule has 0 aromatic heterocycles. The van der Waals surface area contributed by atoms with Crippen molar-refractivity contribution in [2.45, 2.75) is 19.4 Å². The van der Waals surface area contributed by atoms with E-state index in [1.807, 2.05) is 37.3 Å². The summed E-state index contributed by atoms with van der Waals surface area (Å²) >= 11 is 0. The predicted octanol–water partition coefficient (Wildman–Crippen LogP) is 3.44. The zero-order valence-electron chi connectivity index (χ0n) is 13.6. The molecule has 0 bridgehead atoms. The zero-order valence-corrected chi connectivity index (χ0v) is 13.6. The summed E-state index contributed by atoms with van der Waals surface area (Å²) in [6, 6.07) is 12.8. The number of hydrogen-bond acceptors (Lipinski definition) is 5. The summed E-state index contributed by atoms with van der Waals surface area (Å²) in [6.45, 7) is 3.59. The van der Waals surface area contributed by atoms with Crippen LogP contribution in [0.25, 0.3) is 0 Å². The van der Waals surface area contributed by atoms with Crippen molar-refractivity contribution < 1.29 is 19.3 Å². The van der Waals surface area contributed by atoms with Crippen molar-refractivity contribution in [2.75, 3.05) is 19.8 Å². The van der Waals surface area contributed by atoms with E-state index in [4.69, 9.17) is 14.2 Å². The molecule has 3 rings (SSSR count). The third-order valence-electron chi connectivity index (χ3n) is 3.58. The van der Waals surface area contributed by atoms with Crippen molar-refractivity contribution in [3.05, 3.63) is 48.0 Å². The van der Waals surface area contributed by atoms with Crippen molar-refractivity contribution in [1.82, 2.24) is 0 Å². The quantitative estimate of drug-likeness (QED) is 0.826. The number of para-hydroxylation sites is 2. The van der Waals surface area contributed by atoms with Gasteiger partial charge in [-0.2, -0.15) is 0 Å². The van der Waals surface area contributed by atoms with Gasteiger partial charge in [0.15, 0.2) is 17.6 Å². The van der Waals surface area contributed by atoms with Crippen LogP contribution in [-0.2, 0) is 0 Å². The van der Waals surface area contributed by atoms with Crippen LogP contribution in [0.4, 0.5) is 0 Å². The molecule has 0 unspecified atom stereocenters. The maximum absolute atomic E-state index is 10.0. The van der Waals surface area contributed by atoms with Gasteiger partial charge in [0.05, 0.1) is 13.2 Å². The highest BCUT2D eigenvalue weighted by atomic mass is 16.6. The van der Waals surface area contributed by atoms with Gasteiger partial charge in [-0.05, 0) is 30.7 Å². The van der Waals surface area contributed by atoms with Crippen LogP contribution in [0, 0.1) is 0 Å². The minimum absolute atomic E-state index is 0.134. The van der Waals surface area contributed by atoms with Crippen LogP contribution in [0.3, 0.4) is 0 Å². The molecule has 1 aliphatic rings. The van der Waals surface area contributed by atoms with Gasteiger partial charge in [-0.3, -0.25) is 4.99 Å². The van der Waals surface area contributed by atoms with Crippen LogP contribution in [0.15, 0.2) is 47.5 Å². The van der Waals surface area contributed by atoms with E-state index in [1.54, 1.807) is 18.3 Å². The van der Waals surface area contributed by atoms with Gasteiger partial charge in [-0.15, -0.1) is 0 Å². The van der Waals surface area contributed by atoms with Crippen LogP contribution in [0.2, 0.25) is 0 Å². The Labute approximate surface area is 141 Å². The maximum Gasteiger partial charge on any atom is 0.161 e. The summed E-state index contributed by atoms with van der Waals surface area (Å²) < 4.78 is 17.0. The van der Waals surface area contributed by atoms with Gasteiger partial charge in [0, 0.05) is 17.8 Å². The fourth-order valence-electron chi connectivity index (χ4n) is 2.36. The number of ether oxygens (including phenoxy) is 3. The molecule has 0 spiro atoms. The van der Waals surface area contributed by atoms with Gasteiger partial charge in [0.2, 0.25) is 0 Å². The Kier molecular flexibility index (Phi) is 5.21. The molecule has 5 nitrogen and oxygen atoms in total. The topological polar surface area (TPSA) is 60.3 Å². The van der Waals surface area contributed by atoms with Crippen molar-refractivity contribution in [2.24, 2.45) is 4.99 Å². The number of aromatic hydroxyl groups is 1. The van der Waals surface area contributed by atoms with Crippen LogP contribution in [-0.4, -0.2) is 37.2 Å². The van der Waals surface area contributed by atoms with E-state index in [9.17, 15) is 5.11 Å². The summed E-state index contributed by atoms with van der Waals surface area (Å²) in [6.07, 6.45) is 2.43. The summed E-state index contributed by atoms with van der Waals surface area (Å²) in [5, 5.41) is 10.0. The Balaban J connectivity index is 1.57. The number of benzene rings is 2. The summed E-state index contributed by atoms with van der Waals surface area (Å²) in [7, 11) is 0. The fraction of sp³-hybridized carbons (Fsp3) is 0.316. The lowest BCUT2D eigenvalue weighted by molar-refractivity contribution is 0.0973. The number of fused-ring (bicyclic) bond motifs is 1. The zero-order chi connectivity index (χ0) is 16.8. The lowest BCUT2D eigenvalue weighted by atomic mass is 10.2. The van der Waals surface area contributed by atoms with Gasteiger partial charge in [-0.1, -0.05) is 19.1 Å². The first kappa shape index (κ1) is 16.2. The first-order valence-electron chi connectivity index (χ1n) is 8.10. The summed E-state index contributed by atoms with van der Waals surface area (Å²) in [5.74, 6) is 2.31. The number of aliphatic imine (C=N–C) groups is 1. The summed E-state index contributed by atoms with van der Waals surface area (Å²) in [4.78, 5) is 4.36. The molecular formula is C19H21NO4. The molecular weight excluding hydrogens is 306 g/mol. The fourth-order valence-corrected chi connectivity index (χ4v) is 2.36. The minimum atomic E-state index is -0.134. The van der Waals surface area contributed by atoms with Gasteiger partial charge in [-0.25, -0.2) is 0 Å². The highest BCUT2D eigenvalue weighted by Crippen LogP contribution is 2.30. The van der Waals surface area contributed by atoms with E-state index in [0.717, 1.165) is 17.9 Å². The molecule has 2 aromatic carbocycles. The Morgan fingerprint density at radius 1 is 1.25 bits per heavy atom. The first-order chi connectivity index (χ1) is 11.8. The standard InChI is InChI=1S/C19H21NO4/c1-2-9-22-15-8-7-14(17(21)10-15)11-20-12-16-13-23-18-5-3-4-6-19(18)24-16/h3-8,10-11,16,21H,2,9,12-13H2,1H3/t16-/m1/s1. The molecule has 0 fully saturated rings. The molecule has 0 saturated carbocycles. The Morgan fingerprint density at radius 3 is 2.88 bits per heavy atom. The normalized spacial score (nSPS) is 16.3. The minimum Gasteiger partial charge on any atom is -0.507 e. The predicted molar refractivity (Wildman–Crippen MR) is 92.7 cm³/mol. The third kappa shape index (κ3) is 3.98. The molecule has 0 saturated heterocycles. The van der Waals surface area contributed by atoms with Crippen molar-refractivity contribution in [3.8, 4) is 23.0 Å². The molecule has 24 heavy (non-hydrogen) atoms. The van der Waals surface area contributed by atoms with E-state index in [-0.39, 0.29) is 11.9 Å². The van der Waals surface area contributed by atoms with Crippen molar-refractivity contribution >= 4 is 6.21 Å². The maximum atomic E-state index is 10.0. The molecule has 0 radical (unpaired) electrons. The molecule has 0 aliphatic carbocycles. The number of nitrogens with zero attached hydrogens (tertiary/aromatic N) is 1. The molecule has 1 atom stereocenters. The lowest BCUT2D eigenvalue weighted by Crippen LogP contribution is -2.31. The molecule has 126 valence electrons. The van der Waals surface area contributed by atoms with Gasteiger partial charge in [0.1, 0.15) is 18.1 Å². The van der Waals surface area contributed by atoms with E-state index >= 15 is 0 Å². The highest BCUT2D eigenvalue weighted by Gasteiger charge is 2.19. The molecule has 2 aromatic rings. The molecule has 5 heteroatoms. The summed E-state index contributed by atoms with van der Waals surface area (Å²) in [5.41, 5.74) is 0.649. The van der Waals surface area contributed by atoms with Gasteiger partial charge < -0.3 is 19.3 Å². The number of hydrogen-bond donors (Lipinski definition) is 1.